The molecule has 4 unspecified atom stereocenters. The van der Waals surface area contributed by atoms with Crippen molar-refractivity contribution >= 4 is 11.7 Å². The summed E-state index contributed by atoms with van der Waals surface area (Å²) in [5, 5.41) is 0. The van der Waals surface area contributed by atoms with E-state index in [1.165, 1.54) is 0 Å². The zero-order valence-corrected chi connectivity index (χ0v) is 17.7. The molecule has 2 heterocycles. The second-order valence-corrected chi connectivity index (χ2v) is 8.77. The predicted molar refractivity (Wildman–Crippen MR) is 109 cm³/mol. The van der Waals surface area contributed by atoms with E-state index in [1.54, 1.807) is 12.0 Å². The molecular formula is C23H30N2O4. The maximum atomic E-state index is 13.6. The van der Waals surface area contributed by atoms with Crippen LogP contribution in [0.5, 0.6) is 5.75 Å². The molecule has 0 saturated heterocycles. The average molecular weight is 399 g/mol. The Morgan fingerprint density at radius 3 is 2.76 bits per heavy atom. The van der Waals surface area contributed by atoms with E-state index in [2.05, 4.69) is 6.92 Å². The quantitative estimate of drug-likeness (QED) is 0.763. The van der Waals surface area contributed by atoms with Gasteiger partial charge in [-0.2, -0.15) is 0 Å². The van der Waals surface area contributed by atoms with Crippen molar-refractivity contribution in [2.45, 2.75) is 38.3 Å². The maximum Gasteiger partial charge on any atom is 0.290 e. The molecule has 0 N–H and O–H groups in total. The van der Waals surface area contributed by atoms with Crippen LogP contribution >= 0.6 is 0 Å². The van der Waals surface area contributed by atoms with E-state index in [1.807, 2.05) is 43.3 Å². The minimum absolute atomic E-state index is 0.0938. The third-order valence-electron chi connectivity index (χ3n) is 6.40. The Balaban J connectivity index is 1.76. The van der Waals surface area contributed by atoms with Crippen LogP contribution in [-0.2, 0) is 14.3 Å². The van der Waals surface area contributed by atoms with Gasteiger partial charge in [0.1, 0.15) is 11.9 Å². The van der Waals surface area contributed by atoms with Crippen LogP contribution in [-0.4, -0.2) is 61.9 Å². The van der Waals surface area contributed by atoms with Gasteiger partial charge >= 0.3 is 0 Å². The number of amides is 1. The zero-order valence-electron chi connectivity index (χ0n) is 17.7. The van der Waals surface area contributed by atoms with Gasteiger partial charge in [-0.1, -0.05) is 19.1 Å². The molecule has 4 atom stereocenters. The Bertz CT molecular complexity index is 847. The fraction of sp³-hybridized carbons (Fsp3) is 0.565. The van der Waals surface area contributed by atoms with E-state index in [0.717, 1.165) is 24.8 Å². The van der Waals surface area contributed by atoms with Gasteiger partial charge in [0.25, 0.3) is 5.91 Å². The molecular weight excluding hydrogens is 368 g/mol. The van der Waals surface area contributed by atoms with Crippen LogP contribution in [0, 0.1) is 11.8 Å². The molecule has 156 valence electrons. The van der Waals surface area contributed by atoms with Crippen molar-refractivity contribution in [2.75, 3.05) is 34.3 Å². The molecule has 1 aromatic rings. The number of likely N-dealkylation sites (N-methyl/N-ethyl adjacent to an activating group) is 1. The van der Waals surface area contributed by atoms with Crippen molar-refractivity contribution in [2.24, 2.45) is 11.8 Å². The minimum atomic E-state index is -0.418. The molecule has 6 nitrogen and oxygen atoms in total. The summed E-state index contributed by atoms with van der Waals surface area (Å²) < 4.78 is 11.6. The smallest absolute Gasteiger partial charge is 0.290 e. The lowest BCUT2D eigenvalue weighted by Crippen LogP contribution is -2.41. The molecule has 2 aliphatic heterocycles. The number of hydrogen-bond acceptors (Lipinski definition) is 5. The highest BCUT2D eigenvalue weighted by atomic mass is 16.5. The van der Waals surface area contributed by atoms with Gasteiger partial charge in [0, 0.05) is 13.1 Å². The van der Waals surface area contributed by atoms with Gasteiger partial charge in [-0.3, -0.25) is 9.59 Å². The van der Waals surface area contributed by atoms with Crippen molar-refractivity contribution in [3.05, 3.63) is 41.2 Å². The molecule has 29 heavy (non-hydrogen) atoms. The van der Waals surface area contributed by atoms with Crippen LogP contribution in [0.4, 0.5) is 0 Å². The SMILES string of the molecule is COc1cccc(C2C3=C(OC4CCC(C)CC4C3=O)C(=O)N2CCN(C)C)c1. The summed E-state index contributed by atoms with van der Waals surface area (Å²) in [5.74, 6) is 1.27. The summed E-state index contributed by atoms with van der Waals surface area (Å²) in [4.78, 5) is 30.7. The summed E-state index contributed by atoms with van der Waals surface area (Å²) in [6.07, 6.45) is 2.54. The second-order valence-electron chi connectivity index (χ2n) is 8.77. The van der Waals surface area contributed by atoms with E-state index in [0.29, 0.717) is 30.3 Å². The molecule has 4 rings (SSSR count). The van der Waals surface area contributed by atoms with Gasteiger partial charge in [-0.15, -0.1) is 0 Å². The monoisotopic (exact) mass is 398 g/mol. The summed E-state index contributed by atoms with van der Waals surface area (Å²) >= 11 is 0. The first-order chi connectivity index (χ1) is 13.9. The van der Waals surface area contributed by atoms with Gasteiger partial charge in [0.2, 0.25) is 0 Å². The van der Waals surface area contributed by atoms with E-state index in [-0.39, 0.29) is 29.5 Å². The molecule has 1 fully saturated rings. The topological polar surface area (TPSA) is 59.1 Å². The maximum absolute atomic E-state index is 13.6. The lowest BCUT2D eigenvalue weighted by atomic mass is 9.74. The lowest BCUT2D eigenvalue weighted by molar-refractivity contribution is -0.136. The van der Waals surface area contributed by atoms with E-state index in [4.69, 9.17) is 9.47 Å². The molecule has 1 aromatic carbocycles. The highest BCUT2D eigenvalue weighted by molar-refractivity contribution is 6.11. The lowest BCUT2D eigenvalue weighted by Gasteiger charge is -2.37. The number of ketones is 1. The molecule has 3 aliphatic rings. The Kier molecular flexibility index (Phi) is 5.38. The van der Waals surface area contributed by atoms with Crippen LogP contribution in [0.2, 0.25) is 0 Å². The van der Waals surface area contributed by atoms with Gasteiger partial charge in [0.15, 0.2) is 11.5 Å². The highest BCUT2D eigenvalue weighted by Gasteiger charge is 2.52. The first kappa shape index (κ1) is 20.0. The van der Waals surface area contributed by atoms with Crippen LogP contribution < -0.4 is 4.74 Å². The van der Waals surface area contributed by atoms with Crippen molar-refractivity contribution in [3.8, 4) is 5.75 Å². The Hall–Kier alpha value is -2.34. The molecule has 0 bridgehead atoms. The molecule has 1 aliphatic carbocycles. The number of benzene rings is 1. The number of rotatable bonds is 5. The number of fused-ring (bicyclic) bond motifs is 1. The second kappa shape index (κ2) is 7.82. The Morgan fingerprint density at radius 1 is 1.24 bits per heavy atom. The summed E-state index contributed by atoms with van der Waals surface area (Å²) in [5.41, 5.74) is 1.43. The first-order valence-corrected chi connectivity index (χ1v) is 10.5. The molecule has 1 saturated carbocycles. The number of ether oxygens (including phenoxy) is 2. The molecule has 1 amide bonds. The number of hydrogen-bond donors (Lipinski definition) is 0. The van der Waals surface area contributed by atoms with Gasteiger partial charge in [-0.25, -0.2) is 0 Å². The standard InChI is InChI=1S/C23H30N2O4/c1-14-8-9-18-17(12-14)21(26)19-20(15-6-5-7-16(13-15)28-4)25(11-10-24(2)3)23(27)22(19)29-18/h5-7,13-14,17-18,20H,8-12H2,1-4H3. The third-order valence-corrected chi connectivity index (χ3v) is 6.40. The summed E-state index contributed by atoms with van der Waals surface area (Å²) in [6, 6.07) is 7.23. The number of carbonyl (C=O) groups excluding carboxylic acids is 2. The van der Waals surface area contributed by atoms with Crippen molar-refractivity contribution in [3.63, 3.8) is 0 Å². The molecule has 0 spiro atoms. The molecule has 6 heteroatoms. The fourth-order valence-electron chi connectivity index (χ4n) is 4.82. The number of nitrogens with zero attached hydrogens (tertiary/aromatic N) is 2. The van der Waals surface area contributed by atoms with Gasteiger partial charge < -0.3 is 19.3 Å². The van der Waals surface area contributed by atoms with E-state index in [9.17, 15) is 9.59 Å². The van der Waals surface area contributed by atoms with Crippen molar-refractivity contribution in [1.82, 2.24) is 9.80 Å². The van der Waals surface area contributed by atoms with Crippen LogP contribution in [0.15, 0.2) is 35.6 Å². The van der Waals surface area contributed by atoms with Crippen LogP contribution in [0.1, 0.15) is 37.8 Å². The number of methoxy groups -OCH3 is 1. The van der Waals surface area contributed by atoms with E-state index < -0.39 is 6.04 Å². The molecule has 0 aromatic heterocycles. The van der Waals surface area contributed by atoms with Crippen molar-refractivity contribution < 1.29 is 19.1 Å². The average Bonchev–Trinajstić information content (AvgIpc) is 2.99. The summed E-state index contributed by atoms with van der Waals surface area (Å²) in [7, 11) is 5.58. The van der Waals surface area contributed by atoms with Crippen molar-refractivity contribution in [1.29, 1.82) is 0 Å². The number of Topliss-reactive ketones (excluding diaryl/α,β-unsaturated/α-hetero) is 1. The number of carbonyl (C=O) groups is 2. The highest BCUT2D eigenvalue weighted by Crippen LogP contribution is 2.47. The van der Waals surface area contributed by atoms with E-state index >= 15 is 0 Å². The molecule has 0 radical (unpaired) electrons. The van der Waals surface area contributed by atoms with Crippen LogP contribution in [0.25, 0.3) is 0 Å². The van der Waals surface area contributed by atoms with Gasteiger partial charge in [0.05, 0.1) is 24.6 Å². The largest absolute Gasteiger partial charge is 0.497 e. The minimum Gasteiger partial charge on any atom is -0.497 e. The Morgan fingerprint density at radius 2 is 2.03 bits per heavy atom. The first-order valence-electron chi connectivity index (χ1n) is 10.5. The normalized spacial score (nSPS) is 29.1. The predicted octanol–water partition coefficient (Wildman–Crippen LogP) is 2.80. The third kappa shape index (κ3) is 3.54. The zero-order chi connectivity index (χ0) is 20.7. The van der Waals surface area contributed by atoms with Crippen LogP contribution in [0.3, 0.4) is 0 Å². The fourth-order valence-corrected chi connectivity index (χ4v) is 4.82. The Labute approximate surface area is 172 Å². The summed E-state index contributed by atoms with van der Waals surface area (Å²) in [6.45, 7) is 3.43. The van der Waals surface area contributed by atoms with Gasteiger partial charge in [-0.05, 0) is 57.0 Å².